The SMILES string of the molecule is O=[N+]([O-])c1ccccc1N1CCN(S(=O)(=O)c2cccc(F)c2)CC1. The number of nitro groups is 1. The van der Waals surface area contributed by atoms with E-state index in [0.717, 1.165) is 6.07 Å². The van der Waals surface area contributed by atoms with E-state index in [0.29, 0.717) is 18.8 Å². The van der Waals surface area contributed by atoms with Crippen LogP contribution in [0.15, 0.2) is 53.4 Å². The maximum atomic E-state index is 13.3. The van der Waals surface area contributed by atoms with Crippen molar-refractivity contribution in [2.24, 2.45) is 0 Å². The Kier molecular flexibility index (Phi) is 4.69. The van der Waals surface area contributed by atoms with E-state index in [1.807, 2.05) is 0 Å². The Morgan fingerprint density at radius 3 is 2.32 bits per heavy atom. The van der Waals surface area contributed by atoms with Gasteiger partial charge in [0.1, 0.15) is 11.5 Å². The molecule has 2 aromatic rings. The van der Waals surface area contributed by atoms with E-state index in [2.05, 4.69) is 0 Å². The van der Waals surface area contributed by atoms with Gasteiger partial charge in [0.05, 0.1) is 9.82 Å². The molecule has 25 heavy (non-hydrogen) atoms. The van der Waals surface area contributed by atoms with Crippen LogP contribution in [0.4, 0.5) is 15.8 Å². The molecule has 3 rings (SSSR count). The van der Waals surface area contributed by atoms with Crippen molar-refractivity contribution in [3.05, 3.63) is 64.5 Å². The normalized spacial score (nSPS) is 16.0. The number of nitrogens with zero attached hydrogens (tertiary/aromatic N) is 3. The van der Waals surface area contributed by atoms with Crippen LogP contribution in [0.2, 0.25) is 0 Å². The maximum Gasteiger partial charge on any atom is 0.292 e. The van der Waals surface area contributed by atoms with Crippen LogP contribution >= 0.6 is 0 Å². The molecule has 1 heterocycles. The molecule has 1 aliphatic heterocycles. The molecule has 2 aromatic carbocycles. The predicted molar refractivity (Wildman–Crippen MR) is 90.5 cm³/mol. The van der Waals surface area contributed by atoms with E-state index in [4.69, 9.17) is 0 Å². The van der Waals surface area contributed by atoms with Crippen molar-refractivity contribution in [3.63, 3.8) is 0 Å². The number of hydrogen-bond donors (Lipinski definition) is 0. The van der Waals surface area contributed by atoms with Gasteiger partial charge in [-0.3, -0.25) is 10.1 Å². The highest BCUT2D eigenvalue weighted by Gasteiger charge is 2.30. The van der Waals surface area contributed by atoms with Crippen molar-refractivity contribution >= 4 is 21.4 Å². The number of sulfonamides is 1. The number of anilines is 1. The van der Waals surface area contributed by atoms with Crippen LogP contribution < -0.4 is 4.90 Å². The van der Waals surface area contributed by atoms with Crippen LogP contribution in [0, 0.1) is 15.9 Å². The maximum absolute atomic E-state index is 13.3. The Balaban J connectivity index is 1.77. The van der Waals surface area contributed by atoms with Gasteiger partial charge < -0.3 is 4.90 Å². The quantitative estimate of drug-likeness (QED) is 0.613. The summed E-state index contributed by atoms with van der Waals surface area (Å²) in [6.45, 7) is 0.981. The first kappa shape index (κ1) is 17.3. The lowest BCUT2D eigenvalue weighted by atomic mass is 10.2. The molecule has 0 amide bonds. The number of hydrogen-bond acceptors (Lipinski definition) is 5. The summed E-state index contributed by atoms with van der Waals surface area (Å²) in [5, 5.41) is 11.1. The molecular weight excluding hydrogens is 349 g/mol. The molecule has 0 aromatic heterocycles. The molecule has 0 radical (unpaired) electrons. The molecule has 0 aliphatic carbocycles. The van der Waals surface area contributed by atoms with Crippen LogP contribution in [0.25, 0.3) is 0 Å². The molecule has 1 saturated heterocycles. The lowest BCUT2D eigenvalue weighted by Crippen LogP contribution is -2.48. The molecule has 0 spiro atoms. The molecule has 0 saturated carbocycles. The van der Waals surface area contributed by atoms with Crippen LogP contribution in [-0.4, -0.2) is 43.8 Å². The monoisotopic (exact) mass is 365 g/mol. The summed E-state index contributed by atoms with van der Waals surface area (Å²) in [4.78, 5) is 12.4. The van der Waals surface area contributed by atoms with Gasteiger partial charge in [-0.25, -0.2) is 12.8 Å². The molecule has 0 unspecified atom stereocenters. The number of piperazine rings is 1. The highest BCUT2D eigenvalue weighted by atomic mass is 32.2. The zero-order valence-corrected chi connectivity index (χ0v) is 14.0. The minimum atomic E-state index is -3.78. The smallest absolute Gasteiger partial charge is 0.292 e. The minimum Gasteiger partial charge on any atom is -0.363 e. The fourth-order valence-electron chi connectivity index (χ4n) is 2.83. The number of halogens is 1. The topological polar surface area (TPSA) is 83.8 Å². The lowest BCUT2D eigenvalue weighted by Gasteiger charge is -2.35. The van der Waals surface area contributed by atoms with E-state index in [9.17, 15) is 22.9 Å². The minimum absolute atomic E-state index is 0.0102. The van der Waals surface area contributed by atoms with E-state index < -0.39 is 20.8 Å². The van der Waals surface area contributed by atoms with Crippen LogP contribution in [0.3, 0.4) is 0 Å². The Labute approximate surface area is 144 Å². The van der Waals surface area contributed by atoms with Gasteiger partial charge in [0.25, 0.3) is 5.69 Å². The van der Waals surface area contributed by atoms with Crippen molar-refractivity contribution in [2.75, 3.05) is 31.1 Å². The third-order valence-electron chi connectivity index (χ3n) is 4.09. The first-order chi connectivity index (χ1) is 11.9. The number of rotatable bonds is 4. The van der Waals surface area contributed by atoms with Crippen LogP contribution in [0.5, 0.6) is 0 Å². The second-order valence-corrected chi connectivity index (χ2v) is 7.53. The fourth-order valence-corrected chi connectivity index (χ4v) is 4.29. The van der Waals surface area contributed by atoms with Gasteiger partial charge in [0.2, 0.25) is 10.0 Å². The van der Waals surface area contributed by atoms with Gasteiger partial charge in [-0.05, 0) is 24.3 Å². The van der Waals surface area contributed by atoms with E-state index >= 15 is 0 Å². The zero-order valence-electron chi connectivity index (χ0n) is 13.2. The van der Waals surface area contributed by atoms with Gasteiger partial charge in [0.15, 0.2) is 0 Å². The Morgan fingerprint density at radius 2 is 1.68 bits per heavy atom. The largest absolute Gasteiger partial charge is 0.363 e. The second-order valence-electron chi connectivity index (χ2n) is 5.59. The van der Waals surface area contributed by atoms with Gasteiger partial charge in [-0.15, -0.1) is 0 Å². The molecule has 0 N–H and O–H groups in total. The Hall–Kier alpha value is -2.52. The van der Waals surface area contributed by atoms with Crippen molar-refractivity contribution in [3.8, 4) is 0 Å². The zero-order chi connectivity index (χ0) is 18.0. The number of para-hydroxylation sites is 2. The van der Waals surface area contributed by atoms with E-state index in [1.54, 1.807) is 23.1 Å². The summed E-state index contributed by atoms with van der Waals surface area (Å²) in [6.07, 6.45) is 0. The average molecular weight is 365 g/mol. The summed E-state index contributed by atoms with van der Waals surface area (Å²) in [5.41, 5.74) is 0.458. The molecular formula is C16H16FN3O4S. The Bertz CT molecular complexity index is 896. The Morgan fingerprint density at radius 1 is 1.00 bits per heavy atom. The van der Waals surface area contributed by atoms with Gasteiger partial charge >= 0.3 is 0 Å². The molecule has 0 atom stereocenters. The van der Waals surface area contributed by atoms with E-state index in [1.165, 1.54) is 28.6 Å². The third-order valence-corrected chi connectivity index (χ3v) is 5.99. The van der Waals surface area contributed by atoms with Crippen LogP contribution in [0.1, 0.15) is 0 Å². The molecule has 132 valence electrons. The first-order valence-electron chi connectivity index (χ1n) is 7.64. The summed E-state index contributed by atoms with van der Waals surface area (Å²) < 4.78 is 39.8. The lowest BCUT2D eigenvalue weighted by molar-refractivity contribution is -0.384. The van der Waals surface area contributed by atoms with Gasteiger partial charge in [0, 0.05) is 32.2 Å². The fraction of sp³-hybridized carbons (Fsp3) is 0.250. The summed E-state index contributed by atoms with van der Waals surface area (Å²) >= 11 is 0. The number of nitro benzene ring substituents is 1. The predicted octanol–water partition coefficient (Wildman–Crippen LogP) is 2.24. The van der Waals surface area contributed by atoms with Crippen LogP contribution in [-0.2, 0) is 10.0 Å². The molecule has 1 fully saturated rings. The summed E-state index contributed by atoms with van der Waals surface area (Å²) in [6, 6.07) is 11.2. The number of benzene rings is 2. The molecule has 0 bridgehead atoms. The summed E-state index contributed by atoms with van der Waals surface area (Å²) in [7, 11) is -3.78. The van der Waals surface area contributed by atoms with Crippen molar-refractivity contribution in [2.45, 2.75) is 4.90 Å². The van der Waals surface area contributed by atoms with Gasteiger partial charge in [-0.2, -0.15) is 4.31 Å². The third kappa shape index (κ3) is 3.47. The van der Waals surface area contributed by atoms with Crippen molar-refractivity contribution in [1.29, 1.82) is 0 Å². The molecule has 9 heteroatoms. The highest BCUT2D eigenvalue weighted by molar-refractivity contribution is 7.89. The second kappa shape index (κ2) is 6.77. The molecule has 1 aliphatic rings. The van der Waals surface area contributed by atoms with Crippen molar-refractivity contribution in [1.82, 2.24) is 4.31 Å². The summed E-state index contributed by atoms with van der Waals surface area (Å²) in [5.74, 6) is -0.611. The van der Waals surface area contributed by atoms with E-state index in [-0.39, 0.29) is 23.7 Å². The van der Waals surface area contributed by atoms with Gasteiger partial charge in [-0.1, -0.05) is 18.2 Å². The highest BCUT2D eigenvalue weighted by Crippen LogP contribution is 2.29. The first-order valence-corrected chi connectivity index (χ1v) is 9.08. The average Bonchev–Trinajstić information content (AvgIpc) is 2.62. The standard InChI is InChI=1S/C16H16FN3O4S/c17-13-4-3-5-14(12-13)25(23,24)19-10-8-18(9-11-19)15-6-1-2-7-16(15)20(21)22/h1-7,12H,8-11H2. The van der Waals surface area contributed by atoms with Crippen molar-refractivity contribution < 1.29 is 17.7 Å². The molecule has 7 nitrogen and oxygen atoms in total.